The second-order valence-electron chi connectivity index (χ2n) is 10.5. The molecule has 2 aliphatic heterocycles. The number of rotatable bonds is 4. The van der Waals surface area contributed by atoms with Crippen molar-refractivity contribution in [1.29, 1.82) is 0 Å². The normalized spacial score (nSPS) is 16.1. The van der Waals surface area contributed by atoms with E-state index in [2.05, 4.69) is 56.8 Å². The average molecular weight is 505 g/mol. The molecule has 1 aliphatic carbocycles. The van der Waals surface area contributed by atoms with Crippen LogP contribution in [0.4, 0.5) is 17.2 Å². The minimum absolute atomic E-state index is 0.0754. The number of nitrogens with one attached hydrogen (secondary N) is 2. The van der Waals surface area contributed by atoms with Gasteiger partial charge in [0, 0.05) is 67.8 Å². The first-order valence-electron chi connectivity index (χ1n) is 13.6. The lowest BCUT2D eigenvalue weighted by molar-refractivity contribution is 0.631. The van der Waals surface area contributed by atoms with Crippen molar-refractivity contribution in [3.05, 3.63) is 99.5 Å². The van der Waals surface area contributed by atoms with E-state index in [4.69, 9.17) is 4.98 Å². The Labute approximate surface area is 222 Å². The van der Waals surface area contributed by atoms with Gasteiger partial charge in [-0.25, -0.2) is 4.98 Å². The van der Waals surface area contributed by atoms with Crippen LogP contribution < -0.4 is 21.1 Å². The molecule has 0 unspecified atom stereocenters. The second-order valence-corrected chi connectivity index (χ2v) is 10.5. The Morgan fingerprint density at radius 2 is 1.84 bits per heavy atom. The number of hydrogen-bond acceptors (Lipinski definition) is 5. The third-order valence-electron chi connectivity index (χ3n) is 8.05. The van der Waals surface area contributed by atoms with Gasteiger partial charge in [-0.1, -0.05) is 36.4 Å². The van der Waals surface area contributed by atoms with Crippen LogP contribution in [0.15, 0.2) is 65.7 Å². The minimum Gasteiger partial charge on any atom is -0.339 e. The molecule has 0 saturated carbocycles. The van der Waals surface area contributed by atoms with Gasteiger partial charge < -0.3 is 24.7 Å². The fourth-order valence-electron chi connectivity index (χ4n) is 6.12. The lowest BCUT2D eigenvalue weighted by Crippen LogP contribution is -2.27. The number of fused-ring (bicyclic) bond motifs is 4. The Balaban J connectivity index is 1.34. The van der Waals surface area contributed by atoms with E-state index in [1.807, 2.05) is 37.5 Å². The van der Waals surface area contributed by atoms with Gasteiger partial charge in [-0.15, -0.1) is 0 Å². The third-order valence-corrected chi connectivity index (χ3v) is 8.05. The first kappa shape index (κ1) is 23.0. The number of aromatic nitrogens is 3. The lowest BCUT2D eigenvalue weighted by Gasteiger charge is -2.29. The van der Waals surface area contributed by atoms with Gasteiger partial charge in [0.1, 0.15) is 11.5 Å². The Hall–Kier alpha value is -4.10. The molecule has 0 radical (unpaired) electrons. The maximum Gasteiger partial charge on any atom is 0.274 e. The fraction of sp³-hybridized carbons (Fsp3) is 0.290. The Kier molecular flexibility index (Phi) is 5.66. The zero-order valence-corrected chi connectivity index (χ0v) is 21.7. The maximum absolute atomic E-state index is 13.6. The largest absolute Gasteiger partial charge is 0.339 e. The third kappa shape index (κ3) is 3.94. The van der Waals surface area contributed by atoms with E-state index < -0.39 is 0 Å². The molecule has 0 fully saturated rings. The predicted octanol–water partition coefficient (Wildman–Crippen LogP) is 4.97. The lowest BCUT2D eigenvalue weighted by atomic mass is 9.98. The van der Waals surface area contributed by atoms with Gasteiger partial charge in [0.15, 0.2) is 0 Å². The molecule has 38 heavy (non-hydrogen) atoms. The van der Waals surface area contributed by atoms with Crippen molar-refractivity contribution in [3.63, 3.8) is 0 Å². The van der Waals surface area contributed by atoms with Crippen LogP contribution >= 0.6 is 0 Å². The van der Waals surface area contributed by atoms with Gasteiger partial charge in [0.25, 0.3) is 5.56 Å². The van der Waals surface area contributed by atoms with Crippen LogP contribution in [0.3, 0.4) is 0 Å². The number of hydrogen-bond donors (Lipinski definition) is 2. The van der Waals surface area contributed by atoms with E-state index in [9.17, 15) is 4.79 Å². The van der Waals surface area contributed by atoms with Crippen molar-refractivity contribution in [2.45, 2.75) is 45.2 Å². The van der Waals surface area contributed by atoms with E-state index in [1.165, 1.54) is 35.4 Å². The molecule has 0 amide bonds. The summed E-state index contributed by atoms with van der Waals surface area (Å²) in [5.41, 5.74) is 9.90. The summed E-state index contributed by atoms with van der Waals surface area (Å²) in [5.74, 6) is 0.702. The van der Waals surface area contributed by atoms with Crippen LogP contribution in [-0.4, -0.2) is 20.7 Å². The molecule has 7 rings (SSSR count). The summed E-state index contributed by atoms with van der Waals surface area (Å²) in [6.07, 6.45) is 12.0. The zero-order valence-electron chi connectivity index (χ0n) is 21.7. The number of benzene rings is 1. The van der Waals surface area contributed by atoms with Gasteiger partial charge in [-0.2, -0.15) is 0 Å². The Morgan fingerprint density at radius 1 is 0.974 bits per heavy atom. The van der Waals surface area contributed by atoms with Crippen molar-refractivity contribution in [3.8, 4) is 11.1 Å². The topological polar surface area (TPSA) is 67.1 Å². The summed E-state index contributed by atoms with van der Waals surface area (Å²) in [6, 6.07) is 16.7. The van der Waals surface area contributed by atoms with E-state index >= 15 is 0 Å². The van der Waals surface area contributed by atoms with Crippen molar-refractivity contribution in [2.24, 2.45) is 7.05 Å². The summed E-state index contributed by atoms with van der Waals surface area (Å²) in [4.78, 5) is 20.8. The van der Waals surface area contributed by atoms with Crippen molar-refractivity contribution < 1.29 is 0 Å². The Bertz CT molecular complexity index is 1610. The highest BCUT2D eigenvalue weighted by Crippen LogP contribution is 2.39. The van der Waals surface area contributed by atoms with Crippen LogP contribution in [0.1, 0.15) is 41.1 Å². The van der Waals surface area contributed by atoms with Gasteiger partial charge in [-0.3, -0.25) is 4.79 Å². The first-order chi connectivity index (χ1) is 18.7. The molecule has 0 saturated heterocycles. The van der Waals surface area contributed by atoms with Crippen molar-refractivity contribution >= 4 is 23.4 Å². The molecule has 3 aromatic heterocycles. The highest BCUT2D eigenvalue weighted by molar-refractivity contribution is 5.90. The average Bonchev–Trinajstić information content (AvgIpc) is 3.33. The molecule has 192 valence electrons. The molecule has 3 aliphatic rings. The predicted molar refractivity (Wildman–Crippen MR) is 153 cm³/mol. The SMILES string of the molecule is Cn1cc(N2C=Cn3c(cc4c3CCCC4)C2)c(-c2ccccc2)c(Nc2ccc3c(n2)CCNC3)c1=O. The smallest absolute Gasteiger partial charge is 0.274 e. The molecule has 1 aromatic carbocycles. The van der Waals surface area contributed by atoms with Crippen LogP contribution in [-0.2, 0) is 39.4 Å². The van der Waals surface area contributed by atoms with Gasteiger partial charge in [-0.05, 0) is 54.5 Å². The first-order valence-corrected chi connectivity index (χ1v) is 13.6. The van der Waals surface area contributed by atoms with Crippen molar-refractivity contribution in [2.75, 3.05) is 16.8 Å². The van der Waals surface area contributed by atoms with Crippen LogP contribution in [0.5, 0.6) is 0 Å². The van der Waals surface area contributed by atoms with E-state index in [1.54, 1.807) is 4.57 Å². The molecule has 2 N–H and O–H groups in total. The number of pyridine rings is 2. The Morgan fingerprint density at radius 3 is 2.74 bits per heavy atom. The highest BCUT2D eigenvalue weighted by atomic mass is 16.1. The summed E-state index contributed by atoms with van der Waals surface area (Å²) in [7, 11) is 1.83. The highest BCUT2D eigenvalue weighted by Gasteiger charge is 2.25. The molecule has 0 spiro atoms. The molecule has 0 bridgehead atoms. The van der Waals surface area contributed by atoms with Crippen LogP contribution in [0.25, 0.3) is 17.3 Å². The van der Waals surface area contributed by atoms with E-state index in [0.29, 0.717) is 11.5 Å². The number of aryl methyl sites for hydroxylation is 2. The van der Waals surface area contributed by atoms with Gasteiger partial charge in [0.05, 0.1) is 12.2 Å². The minimum atomic E-state index is -0.0754. The maximum atomic E-state index is 13.6. The van der Waals surface area contributed by atoms with Crippen molar-refractivity contribution in [1.82, 2.24) is 19.4 Å². The van der Waals surface area contributed by atoms with E-state index in [-0.39, 0.29) is 5.56 Å². The second kappa shape index (κ2) is 9.33. The summed E-state index contributed by atoms with van der Waals surface area (Å²) >= 11 is 0. The van der Waals surface area contributed by atoms with Crippen LogP contribution in [0, 0.1) is 0 Å². The molecule has 0 atom stereocenters. The number of nitrogens with zero attached hydrogens (tertiary/aromatic N) is 4. The standard InChI is InChI=1S/C31H32N6O/c1-35-20-27(36-15-16-37-24(19-36)17-22-9-5-6-10-26(22)37)29(21-7-3-2-4-8-21)30(31(35)38)34-28-12-11-23-18-32-14-13-25(23)33-28/h2-4,7-8,11-12,15-17,20,32H,5-6,9-10,13-14,18-19H2,1H3,(H,33,34). The van der Waals surface area contributed by atoms with E-state index in [0.717, 1.165) is 61.4 Å². The van der Waals surface area contributed by atoms with Gasteiger partial charge in [0.2, 0.25) is 0 Å². The summed E-state index contributed by atoms with van der Waals surface area (Å²) < 4.78 is 4.05. The molecule has 7 nitrogen and oxygen atoms in total. The molecular formula is C31H32N6O. The molecule has 7 heteroatoms. The number of anilines is 3. The quantitative estimate of drug-likeness (QED) is 0.411. The molecule has 5 heterocycles. The van der Waals surface area contributed by atoms with Crippen LogP contribution in [0.2, 0.25) is 0 Å². The zero-order chi connectivity index (χ0) is 25.6. The molecular weight excluding hydrogens is 472 g/mol. The monoisotopic (exact) mass is 504 g/mol. The van der Waals surface area contributed by atoms with Gasteiger partial charge >= 0.3 is 0 Å². The fourth-order valence-corrected chi connectivity index (χ4v) is 6.12. The summed E-state index contributed by atoms with van der Waals surface area (Å²) in [6.45, 7) is 2.51. The molecule has 4 aromatic rings. The summed E-state index contributed by atoms with van der Waals surface area (Å²) in [5, 5.41) is 6.84.